The van der Waals surface area contributed by atoms with Gasteiger partial charge in [0.05, 0.1) is 22.5 Å². The highest BCUT2D eigenvalue weighted by Crippen LogP contribution is 2.21. The van der Waals surface area contributed by atoms with E-state index in [1.54, 1.807) is 29.2 Å². The van der Waals surface area contributed by atoms with Gasteiger partial charge in [-0.25, -0.2) is 0 Å². The van der Waals surface area contributed by atoms with E-state index in [4.69, 9.17) is 0 Å². The predicted octanol–water partition coefficient (Wildman–Crippen LogP) is 3.10. The van der Waals surface area contributed by atoms with Gasteiger partial charge in [0.1, 0.15) is 0 Å². The number of hydrogen-bond acceptors (Lipinski definition) is 7. The molecule has 0 saturated heterocycles. The first-order valence-electron chi connectivity index (χ1n) is 7.87. The molecule has 0 atom stereocenters. The number of tetrazole rings is 1. The van der Waals surface area contributed by atoms with E-state index in [0.29, 0.717) is 10.8 Å². The fourth-order valence-corrected chi connectivity index (χ4v) is 3.34. The molecule has 0 radical (unpaired) electrons. The fourth-order valence-electron chi connectivity index (χ4n) is 2.38. The first-order valence-corrected chi connectivity index (χ1v) is 9.65. The minimum Gasteiger partial charge on any atom is -0.325 e. The van der Waals surface area contributed by atoms with Gasteiger partial charge in [0.25, 0.3) is 0 Å². The van der Waals surface area contributed by atoms with Gasteiger partial charge >= 0.3 is 0 Å². The summed E-state index contributed by atoms with van der Waals surface area (Å²) in [5.74, 6) is 0.0173. The average molecular weight is 442 g/mol. The van der Waals surface area contributed by atoms with Gasteiger partial charge in [-0.1, -0.05) is 27.7 Å². The van der Waals surface area contributed by atoms with E-state index in [0.717, 1.165) is 21.2 Å². The van der Waals surface area contributed by atoms with E-state index >= 15 is 0 Å². The highest BCUT2D eigenvalue weighted by Gasteiger charge is 2.12. The van der Waals surface area contributed by atoms with Crippen LogP contribution in [0.5, 0.6) is 0 Å². The van der Waals surface area contributed by atoms with E-state index in [1.165, 1.54) is 11.8 Å². The first kappa shape index (κ1) is 17.6. The van der Waals surface area contributed by atoms with Crippen LogP contribution in [0.25, 0.3) is 16.7 Å². The molecule has 134 valence electrons. The van der Waals surface area contributed by atoms with Crippen molar-refractivity contribution in [1.82, 2.24) is 30.2 Å². The third kappa shape index (κ3) is 4.12. The Morgan fingerprint density at radius 2 is 1.85 bits per heavy atom. The molecule has 2 aromatic heterocycles. The summed E-state index contributed by atoms with van der Waals surface area (Å²) in [4.78, 5) is 20.7. The van der Waals surface area contributed by atoms with E-state index in [2.05, 4.69) is 46.7 Å². The van der Waals surface area contributed by atoms with Gasteiger partial charge < -0.3 is 5.32 Å². The monoisotopic (exact) mass is 441 g/mol. The summed E-state index contributed by atoms with van der Waals surface area (Å²) < 4.78 is 2.56. The Morgan fingerprint density at radius 3 is 2.67 bits per heavy atom. The zero-order valence-electron chi connectivity index (χ0n) is 13.8. The van der Waals surface area contributed by atoms with Gasteiger partial charge in [-0.3, -0.25) is 14.8 Å². The van der Waals surface area contributed by atoms with Crippen LogP contribution in [-0.4, -0.2) is 41.8 Å². The number of anilines is 1. The number of hydrogen-bond donors (Lipinski definition) is 1. The van der Waals surface area contributed by atoms with E-state index in [9.17, 15) is 4.79 Å². The lowest BCUT2D eigenvalue weighted by atomic mass is 10.2. The van der Waals surface area contributed by atoms with Crippen molar-refractivity contribution in [3.05, 3.63) is 59.3 Å². The van der Waals surface area contributed by atoms with Crippen LogP contribution < -0.4 is 5.32 Å². The second-order valence-electron chi connectivity index (χ2n) is 5.45. The molecule has 0 unspecified atom stereocenters. The standard InChI is InChI=1S/C17H12BrN7OS/c18-11-1-4-13(5-2-11)25-17(22-23-24-25)27-10-16(26)21-12-3-6-14-15(9-12)20-8-7-19-14/h1-9H,10H2,(H,21,26). The van der Waals surface area contributed by atoms with Gasteiger partial charge in [-0.2, -0.15) is 4.68 Å². The number of fused-ring (bicyclic) bond motifs is 1. The summed E-state index contributed by atoms with van der Waals surface area (Å²) in [6.45, 7) is 0. The van der Waals surface area contributed by atoms with Crippen LogP contribution >= 0.6 is 27.7 Å². The molecule has 1 N–H and O–H groups in total. The Labute approximate surface area is 166 Å². The van der Waals surface area contributed by atoms with Crippen molar-refractivity contribution in [2.75, 3.05) is 11.1 Å². The lowest BCUT2D eigenvalue weighted by Gasteiger charge is -2.06. The molecular formula is C17H12BrN7OS. The molecule has 0 fully saturated rings. The zero-order valence-corrected chi connectivity index (χ0v) is 16.2. The van der Waals surface area contributed by atoms with Gasteiger partial charge in [-0.15, -0.1) is 5.10 Å². The number of nitrogens with one attached hydrogen (secondary N) is 1. The Hall–Kier alpha value is -2.85. The summed E-state index contributed by atoms with van der Waals surface area (Å²) in [6, 6.07) is 13.0. The number of amides is 1. The Morgan fingerprint density at radius 1 is 1.07 bits per heavy atom. The number of aromatic nitrogens is 6. The molecular weight excluding hydrogens is 430 g/mol. The quantitative estimate of drug-likeness (QED) is 0.475. The molecule has 1 amide bonds. The minimum atomic E-state index is -0.159. The van der Waals surface area contributed by atoms with Gasteiger partial charge in [0.15, 0.2) is 0 Å². The highest BCUT2D eigenvalue weighted by molar-refractivity contribution is 9.10. The van der Waals surface area contributed by atoms with E-state index in [1.807, 2.05) is 30.3 Å². The van der Waals surface area contributed by atoms with Crippen LogP contribution in [0, 0.1) is 0 Å². The second kappa shape index (κ2) is 7.80. The maximum atomic E-state index is 12.3. The number of benzene rings is 2. The zero-order chi connectivity index (χ0) is 18.6. The maximum absolute atomic E-state index is 12.3. The maximum Gasteiger partial charge on any atom is 0.234 e. The second-order valence-corrected chi connectivity index (χ2v) is 7.30. The first-order chi connectivity index (χ1) is 13.2. The van der Waals surface area contributed by atoms with Crippen LogP contribution in [0.3, 0.4) is 0 Å². The number of nitrogens with zero attached hydrogens (tertiary/aromatic N) is 6. The van der Waals surface area contributed by atoms with Crippen molar-refractivity contribution in [3.8, 4) is 5.69 Å². The largest absolute Gasteiger partial charge is 0.325 e. The third-order valence-corrected chi connectivity index (χ3v) is 5.05. The average Bonchev–Trinajstić information content (AvgIpc) is 3.15. The molecule has 0 aliphatic heterocycles. The van der Waals surface area contributed by atoms with Crippen molar-refractivity contribution in [2.45, 2.75) is 5.16 Å². The molecule has 0 aliphatic carbocycles. The number of thioether (sulfide) groups is 1. The number of halogens is 1. The summed E-state index contributed by atoms with van der Waals surface area (Å²) in [7, 11) is 0. The van der Waals surface area contributed by atoms with Gasteiger partial charge in [-0.05, 0) is 52.9 Å². The van der Waals surface area contributed by atoms with Crippen LogP contribution in [0.2, 0.25) is 0 Å². The Bertz CT molecular complexity index is 1100. The minimum absolute atomic E-state index is 0.159. The molecule has 27 heavy (non-hydrogen) atoms. The smallest absolute Gasteiger partial charge is 0.234 e. The molecule has 8 nitrogen and oxygen atoms in total. The van der Waals surface area contributed by atoms with Crippen molar-refractivity contribution in [1.29, 1.82) is 0 Å². The molecule has 0 saturated carbocycles. The van der Waals surface area contributed by atoms with Crippen molar-refractivity contribution < 1.29 is 4.79 Å². The normalized spacial score (nSPS) is 10.9. The van der Waals surface area contributed by atoms with Crippen molar-refractivity contribution in [3.63, 3.8) is 0 Å². The fraction of sp³-hybridized carbons (Fsp3) is 0.0588. The highest BCUT2D eigenvalue weighted by atomic mass is 79.9. The van der Waals surface area contributed by atoms with Crippen LogP contribution in [0.4, 0.5) is 5.69 Å². The lowest BCUT2D eigenvalue weighted by molar-refractivity contribution is -0.113. The van der Waals surface area contributed by atoms with Crippen LogP contribution in [0.1, 0.15) is 0 Å². The molecule has 0 aliphatic rings. The van der Waals surface area contributed by atoms with E-state index < -0.39 is 0 Å². The number of carbonyl (C=O) groups excluding carboxylic acids is 1. The molecule has 0 spiro atoms. The van der Waals surface area contributed by atoms with Crippen molar-refractivity contribution >= 4 is 50.3 Å². The number of carbonyl (C=O) groups is 1. The SMILES string of the molecule is O=C(CSc1nnnn1-c1ccc(Br)cc1)Nc1ccc2nccnc2c1. The molecule has 4 rings (SSSR count). The topological polar surface area (TPSA) is 98.5 Å². The predicted molar refractivity (Wildman–Crippen MR) is 106 cm³/mol. The third-order valence-electron chi connectivity index (χ3n) is 3.60. The Balaban J connectivity index is 1.42. The van der Waals surface area contributed by atoms with Crippen LogP contribution in [0.15, 0.2) is 64.5 Å². The summed E-state index contributed by atoms with van der Waals surface area (Å²) in [5.41, 5.74) is 2.99. The summed E-state index contributed by atoms with van der Waals surface area (Å²) in [5, 5.41) is 15.1. The van der Waals surface area contributed by atoms with Gasteiger partial charge in [0.2, 0.25) is 11.1 Å². The van der Waals surface area contributed by atoms with Crippen molar-refractivity contribution in [2.24, 2.45) is 0 Å². The molecule has 10 heteroatoms. The molecule has 0 bridgehead atoms. The molecule has 2 aromatic carbocycles. The summed E-state index contributed by atoms with van der Waals surface area (Å²) >= 11 is 4.65. The number of rotatable bonds is 5. The Kier molecular flexibility index (Phi) is 5.07. The van der Waals surface area contributed by atoms with Crippen LogP contribution in [-0.2, 0) is 4.79 Å². The lowest BCUT2D eigenvalue weighted by Crippen LogP contribution is -2.14. The van der Waals surface area contributed by atoms with E-state index in [-0.39, 0.29) is 11.7 Å². The molecule has 2 heterocycles. The summed E-state index contributed by atoms with van der Waals surface area (Å²) in [6.07, 6.45) is 3.25. The molecule has 4 aromatic rings. The van der Waals surface area contributed by atoms with Gasteiger partial charge in [0, 0.05) is 22.6 Å².